The number of nitrogens with zero attached hydrogens (tertiary/aromatic N) is 1. The molecule has 1 aromatic carbocycles. The average Bonchev–Trinajstić information content (AvgIpc) is 2.37. The van der Waals surface area contributed by atoms with Crippen LogP contribution in [0.1, 0.15) is 35.7 Å². The number of nitrogens with one attached hydrogen (secondary N) is 1. The summed E-state index contributed by atoms with van der Waals surface area (Å²) in [6.07, 6.45) is 0.540. The molecule has 108 valence electrons. The zero-order valence-electron chi connectivity index (χ0n) is 11.3. The van der Waals surface area contributed by atoms with E-state index in [1.807, 2.05) is 6.07 Å². The molecule has 0 fully saturated rings. The summed E-state index contributed by atoms with van der Waals surface area (Å²) in [4.78, 5) is 10.9. The number of nitriles is 1. The third-order valence-corrected chi connectivity index (χ3v) is 4.62. The van der Waals surface area contributed by atoms with Crippen molar-refractivity contribution in [2.75, 3.05) is 0 Å². The number of hydrogen-bond donors (Lipinski definition) is 2. The largest absolute Gasteiger partial charge is 0.478 e. The summed E-state index contributed by atoms with van der Waals surface area (Å²) in [5.41, 5.74) is 0.125. The van der Waals surface area contributed by atoms with Gasteiger partial charge in [0.1, 0.15) is 0 Å². The fourth-order valence-corrected chi connectivity index (χ4v) is 3.39. The third kappa shape index (κ3) is 3.56. The fourth-order valence-electron chi connectivity index (χ4n) is 1.80. The first-order valence-electron chi connectivity index (χ1n) is 6.05. The van der Waals surface area contributed by atoms with Crippen molar-refractivity contribution in [3.05, 3.63) is 29.3 Å². The van der Waals surface area contributed by atoms with E-state index < -0.39 is 22.0 Å². The third-order valence-electron chi connectivity index (χ3n) is 2.96. The van der Waals surface area contributed by atoms with Crippen LogP contribution in [0.15, 0.2) is 23.1 Å². The molecule has 6 nitrogen and oxygen atoms in total. The summed E-state index contributed by atoms with van der Waals surface area (Å²) in [5, 5.41) is 17.7. The lowest BCUT2D eigenvalue weighted by Crippen LogP contribution is -2.34. The quantitative estimate of drug-likeness (QED) is 0.830. The fraction of sp³-hybridized carbons (Fsp3) is 0.385. The second-order valence-corrected chi connectivity index (χ2v) is 6.00. The van der Waals surface area contributed by atoms with Crippen molar-refractivity contribution in [3.8, 4) is 6.07 Å². The van der Waals surface area contributed by atoms with Crippen molar-refractivity contribution >= 4 is 16.0 Å². The van der Waals surface area contributed by atoms with Gasteiger partial charge in [0.25, 0.3) is 0 Å². The predicted octanol–water partition coefficient (Wildman–Crippen LogP) is 1.66. The highest BCUT2D eigenvalue weighted by Gasteiger charge is 2.23. The molecular formula is C13H16N2O4S. The lowest BCUT2D eigenvalue weighted by Gasteiger charge is -2.16. The Balaban J connectivity index is 3.20. The van der Waals surface area contributed by atoms with E-state index >= 15 is 0 Å². The van der Waals surface area contributed by atoms with Gasteiger partial charge in [-0.05, 0) is 31.0 Å². The minimum absolute atomic E-state index is 0.0544. The van der Waals surface area contributed by atoms with Crippen LogP contribution >= 0.6 is 0 Å². The molecule has 7 heteroatoms. The van der Waals surface area contributed by atoms with Gasteiger partial charge >= 0.3 is 5.97 Å². The Morgan fingerprint density at radius 2 is 2.15 bits per heavy atom. The molecule has 0 saturated heterocycles. The summed E-state index contributed by atoms with van der Waals surface area (Å²) < 4.78 is 26.9. The first kappa shape index (κ1) is 16.1. The number of sulfonamides is 1. The monoisotopic (exact) mass is 296 g/mol. The molecule has 0 bridgehead atoms. The van der Waals surface area contributed by atoms with Gasteiger partial charge < -0.3 is 5.11 Å². The van der Waals surface area contributed by atoms with Crippen LogP contribution in [0.25, 0.3) is 0 Å². The molecule has 20 heavy (non-hydrogen) atoms. The number of hydrogen-bond acceptors (Lipinski definition) is 4. The first-order valence-corrected chi connectivity index (χ1v) is 7.54. The van der Waals surface area contributed by atoms with Gasteiger partial charge in [0.05, 0.1) is 22.9 Å². The Labute approximate surface area is 118 Å². The van der Waals surface area contributed by atoms with Crippen LogP contribution in [0.5, 0.6) is 0 Å². The number of carboxylic acid groups (broad SMARTS) is 1. The zero-order valence-corrected chi connectivity index (χ0v) is 12.1. The molecule has 0 amide bonds. The smallest absolute Gasteiger partial charge is 0.335 e. The molecule has 0 aliphatic heterocycles. The molecule has 1 atom stereocenters. The van der Waals surface area contributed by atoms with Gasteiger partial charge in [0, 0.05) is 6.04 Å². The van der Waals surface area contributed by atoms with Gasteiger partial charge in [-0.3, -0.25) is 0 Å². The maximum Gasteiger partial charge on any atom is 0.335 e. The van der Waals surface area contributed by atoms with Crippen molar-refractivity contribution in [3.63, 3.8) is 0 Å². The molecule has 0 saturated carbocycles. The van der Waals surface area contributed by atoms with E-state index in [0.29, 0.717) is 6.42 Å². The molecule has 0 radical (unpaired) electrons. The number of carbonyl (C=O) groups is 1. The van der Waals surface area contributed by atoms with E-state index in [9.17, 15) is 13.2 Å². The highest BCUT2D eigenvalue weighted by atomic mass is 32.2. The van der Waals surface area contributed by atoms with Crippen molar-refractivity contribution in [1.82, 2.24) is 4.72 Å². The van der Waals surface area contributed by atoms with Crippen LogP contribution in [0.2, 0.25) is 0 Å². The van der Waals surface area contributed by atoms with Crippen LogP contribution in [0.4, 0.5) is 0 Å². The molecule has 0 aliphatic carbocycles. The van der Waals surface area contributed by atoms with E-state index in [4.69, 9.17) is 10.4 Å². The van der Waals surface area contributed by atoms with Crippen molar-refractivity contribution < 1.29 is 18.3 Å². The van der Waals surface area contributed by atoms with E-state index in [-0.39, 0.29) is 22.4 Å². The molecule has 0 heterocycles. The summed E-state index contributed by atoms with van der Waals surface area (Å²) in [6, 6.07) is 5.51. The maximum absolute atomic E-state index is 12.3. The molecule has 2 N–H and O–H groups in total. The standard InChI is InChI=1S/C13H16N2O4S/c1-3-10(7-8-14)15-20(18,19)12-6-4-5-11(9(12)2)13(16)17/h4-6,10,15H,3,7H2,1-2H3,(H,16,17). The summed E-state index contributed by atoms with van der Waals surface area (Å²) in [7, 11) is -3.84. The Morgan fingerprint density at radius 3 is 2.65 bits per heavy atom. The first-order chi connectivity index (χ1) is 9.33. The van der Waals surface area contributed by atoms with Gasteiger partial charge in [-0.15, -0.1) is 0 Å². The number of benzene rings is 1. The summed E-state index contributed by atoms with van der Waals surface area (Å²) >= 11 is 0. The number of rotatable bonds is 6. The van der Waals surface area contributed by atoms with Gasteiger partial charge in [0.2, 0.25) is 10.0 Å². The Morgan fingerprint density at radius 1 is 1.50 bits per heavy atom. The Bertz CT molecular complexity index is 647. The SMILES string of the molecule is CCC(CC#N)NS(=O)(=O)c1cccc(C(=O)O)c1C. The van der Waals surface area contributed by atoms with E-state index in [2.05, 4.69) is 4.72 Å². The van der Waals surface area contributed by atoms with E-state index in [1.165, 1.54) is 25.1 Å². The van der Waals surface area contributed by atoms with E-state index in [1.54, 1.807) is 6.92 Å². The molecule has 1 unspecified atom stereocenters. The van der Waals surface area contributed by atoms with Crippen molar-refractivity contribution in [2.45, 2.75) is 37.6 Å². The van der Waals surface area contributed by atoms with Gasteiger partial charge in [0.15, 0.2) is 0 Å². The summed E-state index contributed by atoms with van der Waals surface area (Å²) in [5.74, 6) is -1.18. The molecule has 0 spiro atoms. The topological polar surface area (TPSA) is 107 Å². The highest BCUT2D eigenvalue weighted by Crippen LogP contribution is 2.19. The average molecular weight is 296 g/mol. The molecule has 1 rings (SSSR count). The predicted molar refractivity (Wildman–Crippen MR) is 72.8 cm³/mol. The van der Waals surface area contributed by atoms with Crippen LogP contribution in [0, 0.1) is 18.3 Å². The van der Waals surface area contributed by atoms with Gasteiger partial charge in [-0.25, -0.2) is 17.9 Å². The molecule has 0 aliphatic rings. The molecule has 0 aromatic heterocycles. The van der Waals surface area contributed by atoms with E-state index in [0.717, 1.165) is 0 Å². The Kier molecular flexibility index (Phi) is 5.25. The second-order valence-electron chi connectivity index (χ2n) is 4.32. The van der Waals surface area contributed by atoms with Crippen molar-refractivity contribution in [1.29, 1.82) is 5.26 Å². The lowest BCUT2D eigenvalue weighted by atomic mass is 10.1. The second kappa shape index (κ2) is 6.50. The molecular weight excluding hydrogens is 280 g/mol. The van der Waals surface area contributed by atoms with Gasteiger partial charge in [-0.1, -0.05) is 13.0 Å². The van der Waals surface area contributed by atoms with Gasteiger partial charge in [-0.2, -0.15) is 5.26 Å². The van der Waals surface area contributed by atoms with Crippen LogP contribution in [-0.4, -0.2) is 25.5 Å². The van der Waals surface area contributed by atoms with Crippen LogP contribution in [-0.2, 0) is 10.0 Å². The lowest BCUT2D eigenvalue weighted by molar-refractivity contribution is 0.0696. The summed E-state index contributed by atoms with van der Waals surface area (Å²) in [6.45, 7) is 3.22. The van der Waals surface area contributed by atoms with Crippen LogP contribution < -0.4 is 4.72 Å². The minimum Gasteiger partial charge on any atom is -0.478 e. The maximum atomic E-state index is 12.3. The number of carboxylic acids is 1. The van der Waals surface area contributed by atoms with Crippen molar-refractivity contribution in [2.24, 2.45) is 0 Å². The van der Waals surface area contributed by atoms with Crippen LogP contribution in [0.3, 0.4) is 0 Å². The molecule has 1 aromatic rings. The minimum atomic E-state index is -3.84. The normalized spacial score (nSPS) is 12.7. The Hall–Kier alpha value is -1.91. The highest BCUT2D eigenvalue weighted by molar-refractivity contribution is 7.89. The zero-order chi connectivity index (χ0) is 15.3. The number of aromatic carboxylic acids is 1.